The van der Waals surface area contributed by atoms with Crippen LogP contribution in [0.4, 0.5) is 0 Å². The lowest BCUT2D eigenvalue weighted by molar-refractivity contribution is -0.134. The van der Waals surface area contributed by atoms with Crippen molar-refractivity contribution in [2.75, 3.05) is 60.7 Å². The fourth-order valence-corrected chi connectivity index (χ4v) is 4.09. The molecule has 0 aromatic carbocycles. The summed E-state index contributed by atoms with van der Waals surface area (Å²) < 4.78 is 29.3. The second kappa shape index (κ2) is 13.5. The van der Waals surface area contributed by atoms with Crippen LogP contribution in [0.3, 0.4) is 0 Å². The Labute approximate surface area is 190 Å². The third kappa shape index (κ3) is 10.9. The van der Waals surface area contributed by atoms with Gasteiger partial charge >= 0.3 is 0 Å². The quantitative estimate of drug-likeness (QED) is 0.334. The van der Waals surface area contributed by atoms with Crippen molar-refractivity contribution in [1.82, 2.24) is 19.4 Å². The lowest BCUT2D eigenvalue weighted by Crippen LogP contribution is -2.49. The van der Waals surface area contributed by atoms with Crippen LogP contribution in [0.5, 0.6) is 0 Å². The van der Waals surface area contributed by atoms with Crippen molar-refractivity contribution < 1.29 is 17.9 Å². The summed E-state index contributed by atoms with van der Waals surface area (Å²) in [7, 11) is 4.32. The molecule has 0 spiro atoms. The highest BCUT2D eigenvalue weighted by molar-refractivity contribution is 7.88. The molecule has 1 saturated heterocycles. The molecule has 2 atom stereocenters. The molecule has 182 valence electrons. The number of likely N-dealkylation sites (N-methyl/N-ethyl adjacent to an activating group) is 2. The first kappa shape index (κ1) is 28.0. The van der Waals surface area contributed by atoms with Crippen LogP contribution < -0.4 is 5.32 Å². The Morgan fingerprint density at radius 2 is 1.81 bits per heavy atom. The van der Waals surface area contributed by atoms with Crippen LogP contribution >= 0.6 is 0 Å². The van der Waals surface area contributed by atoms with Gasteiger partial charge in [-0.25, -0.2) is 12.7 Å². The summed E-state index contributed by atoms with van der Waals surface area (Å²) in [6.07, 6.45) is 8.59. The summed E-state index contributed by atoms with van der Waals surface area (Å²) in [6.45, 7) is 5.20. The highest BCUT2D eigenvalue weighted by Gasteiger charge is 2.22. The highest BCUT2D eigenvalue weighted by Crippen LogP contribution is 2.20. The van der Waals surface area contributed by atoms with Crippen LogP contribution in [0.2, 0.25) is 0 Å². The van der Waals surface area contributed by atoms with E-state index in [1.54, 1.807) is 11.9 Å². The first-order valence-electron chi connectivity index (χ1n) is 11.2. The minimum Gasteiger partial charge on any atom is -0.370 e. The zero-order chi connectivity index (χ0) is 23.6. The van der Waals surface area contributed by atoms with Gasteiger partial charge in [-0.3, -0.25) is 15.0 Å². The minimum absolute atomic E-state index is 0.0396. The van der Waals surface area contributed by atoms with Gasteiger partial charge < -0.3 is 9.64 Å². The van der Waals surface area contributed by atoms with Crippen LogP contribution in [0.25, 0.3) is 0 Å². The first-order chi connectivity index (χ1) is 14.4. The Morgan fingerprint density at radius 3 is 2.39 bits per heavy atom. The maximum atomic E-state index is 12.4. The molecule has 0 saturated carbocycles. The van der Waals surface area contributed by atoms with Crippen molar-refractivity contribution in [2.24, 2.45) is 0 Å². The molecule has 31 heavy (non-hydrogen) atoms. The number of piperidine rings is 1. The van der Waals surface area contributed by atoms with Crippen molar-refractivity contribution in [1.29, 1.82) is 0 Å². The molecule has 0 aromatic heterocycles. The molecule has 1 fully saturated rings. The summed E-state index contributed by atoms with van der Waals surface area (Å²) in [5, 5.41) is 3.75. The molecule has 1 aliphatic rings. The van der Waals surface area contributed by atoms with E-state index in [4.69, 9.17) is 4.74 Å². The van der Waals surface area contributed by atoms with Crippen LogP contribution in [-0.2, 0) is 19.6 Å². The molecule has 1 aliphatic heterocycles. The Kier molecular flexibility index (Phi) is 12.2. The van der Waals surface area contributed by atoms with E-state index in [0.29, 0.717) is 18.8 Å². The van der Waals surface area contributed by atoms with E-state index in [-0.39, 0.29) is 25.7 Å². The number of carbonyl (C=O) groups is 1. The van der Waals surface area contributed by atoms with Gasteiger partial charge in [0, 0.05) is 33.2 Å². The average molecular weight is 461 g/mol. The van der Waals surface area contributed by atoms with E-state index in [9.17, 15) is 13.2 Å². The number of nitrogens with zero attached hydrogens (tertiary/aromatic N) is 3. The van der Waals surface area contributed by atoms with E-state index < -0.39 is 10.0 Å². The van der Waals surface area contributed by atoms with Gasteiger partial charge in [0.2, 0.25) is 15.9 Å². The largest absolute Gasteiger partial charge is 0.370 e. The van der Waals surface area contributed by atoms with Gasteiger partial charge in [0.05, 0.1) is 19.0 Å². The van der Waals surface area contributed by atoms with E-state index in [2.05, 4.69) is 38.2 Å². The van der Waals surface area contributed by atoms with E-state index in [1.165, 1.54) is 41.8 Å². The van der Waals surface area contributed by atoms with Gasteiger partial charge in [-0.1, -0.05) is 11.1 Å². The monoisotopic (exact) mass is 460 g/mol. The average Bonchev–Trinajstić information content (AvgIpc) is 2.69. The maximum Gasteiger partial charge on any atom is 0.248 e. The Hall–Kier alpha value is -1.00. The molecular formula is C22H44N4O4S. The van der Waals surface area contributed by atoms with Crippen molar-refractivity contribution in [3.8, 4) is 0 Å². The Balaban J connectivity index is 2.38. The Bertz CT molecular complexity index is 690. The van der Waals surface area contributed by atoms with Gasteiger partial charge in [0.15, 0.2) is 0 Å². The number of hydrogen-bond acceptors (Lipinski definition) is 6. The third-order valence-electron chi connectivity index (χ3n) is 6.02. The molecule has 0 aliphatic carbocycles. The van der Waals surface area contributed by atoms with Crippen molar-refractivity contribution in [2.45, 2.75) is 64.6 Å². The van der Waals surface area contributed by atoms with Crippen molar-refractivity contribution in [3.05, 3.63) is 11.1 Å². The number of amides is 1. The standard InChI is InChI=1S/C22H44N4O4S/c1-18(2)19(10-8-11-20-12-9-13-21(23-20)24(3)4)16-25(5)22(27)17-30-15-14-26(6)31(7,28)29/h20-21,23H,8-17H2,1-7H3/t20-,21+/m1/s1. The second-order valence-corrected chi connectivity index (χ2v) is 11.2. The molecule has 9 heteroatoms. The number of ether oxygens (including phenoxy) is 1. The second-order valence-electron chi connectivity index (χ2n) is 9.16. The summed E-state index contributed by atoms with van der Waals surface area (Å²) in [5.41, 5.74) is 2.56. The molecule has 0 bridgehead atoms. The van der Waals surface area contributed by atoms with Crippen LogP contribution in [0.15, 0.2) is 11.1 Å². The topological polar surface area (TPSA) is 82.2 Å². The van der Waals surface area contributed by atoms with E-state index >= 15 is 0 Å². The predicted molar refractivity (Wildman–Crippen MR) is 126 cm³/mol. The molecule has 1 heterocycles. The fourth-order valence-electron chi connectivity index (χ4n) is 3.68. The van der Waals surface area contributed by atoms with Crippen LogP contribution in [-0.4, -0.2) is 101 Å². The number of hydrogen-bond donors (Lipinski definition) is 1. The van der Waals surface area contributed by atoms with E-state index in [0.717, 1.165) is 25.5 Å². The molecular weight excluding hydrogens is 416 g/mol. The summed E-state index contributed by atoms with van der Waals surface area (Å²) in [4.78, 5) is 16.4. The zero-order valence-corrected chi connectivity index (χ0v) is 21.4. The van der Waals surface area contributed by atoms with E-state index in [1.807, 2.05) is 0 Å². The van der Waals surface area contributed by atoms with Gasteiger partial charge in [0.1, 0.15) is 6.61 Å². The molecule has 1 amide bonds. The minimum atomic E-state index is -3.22. The molecule has 0 radical (unpaired) electrons. The smallest absolute Gasteiger partial charge is 0.248 e. The first-order valence-corrected chi connectivity index (χ1v) is 13.1. The molecule has 0 unspecified atom stereocenters. The van der Waals surface area contributed by atoms with Gasteiger partial charge in [-0.2, -0.15) is 0 Å². The van der Waals surface area contributed by atoms with Crippen molar-refractivity contribution >= 4 is 15.9 Å². The molecule has 8 nitrogen and oxygen atoms in total. The molecule has 0 aromatic rings. The lowest BCUT2D eigenvalue weighted by Gasteiger charge is -2.35. The predicted octanol–water partition coefficient (Wildman–Crippen LogP) is 1.89. The third-order valence-corrected chi connectivity index (χ3v) is 7.33. The van der Waals surface area contributed by atoms with Gasteiger partial charge in [0.25, 0.3) is 0 Å². The number of allylic oxidation sites excluding steroid dienone is 1. The maximum absolute atomic E-state index is 12.4. The van der Waals surface area contributed by atoms with Crippen LogP contribution in [0, 0.1) is 0 Å². The number of nitrogens with one attached hydrogen (secondary N) is 1. The SMILES string of the molecule is CC(C)=C(CCC[C@@H]1CCC[C@H](N(C)C)N1)CN(C)C(=O)COCCN(C)S(C)(=O)=O. The highest BCUT2D eigenvalue weighted by atomic mass is 32.2. The Morgan fingerprint density at radius 1 is 1.13 bits per heavy atom. The molecule has 1 rings (SSSR count). The zero-order valence-electron chi connectivity index (χ0n) is 20.6. The fraction of sp³-hybridized carbons (Fsp3) is 0.864. The van der Waals surface area contributed by atoms with Crippen molar-refractivity contribution in [3.63, 3.8) is 0 Å². The number of carbonyl (C=O) groups excluding carboxylic acids is 1. The normalized spacial score (nSPS) is 19.6. The van der Waals surface area contributed by atoms with Crippen LogP contribution in [0.1, 0.15) is 52.4 Å². The summed E-state index contributed by atoms with van der Waals surface area (Å²) in [5.74, 6) is -0.0940. The van der Waals surface area contributed by atoms with Gasteiger partial charge in [-0.15, -0.1) is 0 Å². The van der Waals surface area contributed by atoms with Gasteiger partial charge in [-0.05, 0) is 66.5 Å². The summed E-state index contributed by atoms with van der Waals surface area (Å²) in [6, 6.07) is 0.567. The molecule has 1 N–H and O–H groups in total. The number of sulfonamides is 1. The summed E-state index contributed by atoms with van der Waals surface area (Å²) >= 11 is 0. The lowest BCUT2D eigenvalue weighted by atomic mass is 9.95. The number of rotatable bonds is 13.